The van der Waals surface area contributed by atoms with E-state index in [0.717, 1.165) is 22.3 Å². The van der Waals surface area contributed by atoms with Gasteiger partial charge in [0.2, 0.25) is 0 Å². The normalized spacial score (nSPS) is 10.5. The molecule has 0 saturated heterocycles. The summed E-state index contributed by atoms with van der Waals surface area (Å²) in [5, 5.41) is 22.2. The lowest BCUT2D eigenvalue weighted by molar-refractivity contribution is 0.0697. The summed E-state index contributed by atoms with van der Waals surface area (Å²) in [5.41, 5.74) is 4.59. The summed E-state index contributed by atoms with van der Waals surface area (Å²) in [6.45, 7) is 0.842. The van der Waals surface area contributed by atoms with Gasteiger partial charge >= 0.3 is 5.97 Å². The van der Waals surface area contributed by atoms with Crippen molar-refractivity contribution < 1.29 is 14.6 Å². The Morgan fingerprint density at radius 2 is 1.74 bits per heavy atom. The van der Waals surface area contributed by atoms with Crippen LogP contribution in [0.5, 0.6) is 0 Å². The van der Waals surface area contributed by atoms with E-state index >= 15 is 0 Å². The van der Waals surface area contributed by atoms with Crippen molar-refractivity contribution in [2.75, 3.05) is 0 Å². The highest BCUT2D eigenvalue weighted by molar-refractivity contribution is 5.86. The van der Waals surface area contributed by atoms with Gasteiger partial charge in [-0.2, -0.15) is 10.4 Å². The minimum Gasteiger partial charge on any atom is -0.478 e. The molecule has 0 radical (unpaired) electrons. The zero-order chi connectivity index (χ0) is 21.6. The number of hydrogen-bond donors (Lipinski definition) is 1. The first-order chi connectivity index (χ1) is 15.1. The highest BCUT2D eigenvalue weighted by Gasteiger charge is 2.08. The van der Waals surface area contributed by atoms with Crippen molar-refractivity contribution >= 4 is 5.97 Å². The Labute approximate surface area is 178 Å². The lowest BCUT2D eigenvalue weighted by Crippen LogP contribution is -2.00. The minimum absolute atomic E-state index is 0.108. The number of aromatic carboxylic acids is 1. The first kappa shape index (κ1) is 20.0. The second kappa shape index (κ2) is 9.03. The van der Waals surface area contributed by atoms with Gasteiger partial charge in [-0.05, 0) is 34.4 Å². The molecule has 0 bridgehead atoms. The maximum absolute atomic E-state index is 11.0. The maximum Gasteiger partial charge on any atom is 0.338 e. The Kier molecular flexibility index (Phi) is 5.83. The van der Waals surface area contributed by atoms with Gasteiger partial charge in [0.15, 0.2) is 5.82 Å². The summed E-state index contributed by atoms with van der Waals surface area (Å²) in [5.74, 6) is -0.497. The van der Waals surface area contributed by atoms with Gasteiger partial charge in [0.1, 0.15) is 0 Å². The number of carbonyl (C=O) groups is 1. The van der Waals surface area contributed by atoms with Crippen LogP contribution in [-0.4, -0.2) is 25.8 Å². The molecule has 7 nitrogen and oxygen atoms in total. The minimum atomic E-state index is -1.03. The van der Waals surface area contributed by atoms with Crippen LogP contribution in [0.4, 0.5) is 0 Å². The molecule has 1 N–H and O–H groups in total. The zero-order valence-electron chi connectivity index (χ0n) is 16.5. The number of aromatic nitrogens is 3. The molecule has 0 aliphatic carbocycles. The monoisotopic (exact) mass is 410 g/mol. The number of pyridine rings is 1. The van der Waals surface area contributed by atoms with E-state index in [9.17, 15) is 10.1 Å². The number of hydrogen-bond acceptors (Lipinski definition) is 5. The number of ether oxygens (including phenoxy) is 1. The molecule has 0 saturated carbocycles. The summed E-state index contributed by atoms with van der Waals surface area (Å²) in [4.78, 5) is 15.3. The summed E-state index contributed by atoms with van der Waals surface area (Å²) in [6.07, 6.45) is 4.38. The summed E-state index contributed by atoms with van der Waals surface area (Å²) < 4.78 is 7.20. The van der Waals surface area contributed by atoms with Crippen LogP contribution in [0.1, 0.15) is 27.0 Å². The molecule has 0 amide bonds. The Morgan fingerprint density at radius 1 is 1.00 bits per heavy atom. The van der Waals surface area contributed by atoms with Crippen molar-refractivity contribution in [2.45, 2.75) is 13.2 Å². The molecule has 0 aliphatic heterocycles. The standard InChI is InChI=1S/C24H18N4O3/c25-11-20-3-1-2-4-22(20)19-8-5-17(6-9-19)15-31-16-18-7-10-23(26-12-18)28-14-21(13-27-28)24(29)30/h1-10,12-14H,15-16H2,(H,29,30). The molecule has 0 aliphatic rings. The molecule has 2 heterocycles. The number of carboxylic acid groups (broad SMARTS) is 1. The molecule has 0 spiro atoms. The van der Waals surface area contributed by atoms with Crippen LogP contribution >= 0.6 is 0 Å². The first-order valence-corrected chi connectivity index (χ1v) is 9.53. The van der Waals surface area contributed by atoms with E-state index in [0.29, 0.717) is 24.6 Å². The number of nitriles is 1. The van der Waals surface area contributed by atoms with E-state index in [1.807, 2.05) is 54.6 Å². The van der Waals surface area contributed by atoms with Gasteiger partial charge in [-0.15, -0.1) is 0 Å². The fourth-order valence-electron chi connectivity index (χ4n) is 3.10. The molecule has 7 heteroatoms. The van der Waals surface area contributed by atoms with Crippen molar-refractivity contribution in [3.05, 3.63) is 102 Å². The summed E-state index contributed by atoms with van der Waals surface area (Å²) in [7, 11) is 0. The van der Waals surface area contributed by atoms with Crippen LogP contribution in [0.25, 0.3) is 16.9 Å². The SMILES string of the molecule is N#Cc1ccccc1-c1ccc(COCc2ccc(-n3cc(C(=O)O)cn3)nc2)cc1. The van der Waals surface area contributed by atoms with Gasteiger partial charge in [0, 0.05) is 12.4 Å². The molecule has 0 atom stereocenters. The number of rotatable bonds is 7. The van der Waals surface area contributed by atoms with Crippen LogP contribution in [-0.2, 0) is 18.0 Å². The van der Waals surface area contributed by atoms with Gasteiger partial charge < -0.3 is 9.84 Å². The van der Waals surface area contributed by atoms with Crippen LogP contribution in [0, 0.1) is 11.3 Å². The summed E-state index contributed by atoms with van der Waals surface area (Å²) in [6, 6.07) is 21.3. The quantitative estimate of drug-likeness (QED) is 0.489. The Morgan fingerprint density at radius 3 is 2.42 bits per heavy atom. The van der Waals surface area contributed by atoms with Gasteiger partial charge in [-0.25, -0.2) is 14.5 Å². The fraction of sp³-hybridized carbons (Fsp3) is 0.0833. The molecule has 0 fully saturated rings. The highest BCUT2D eigenvalue weighted by atomic mass is 16.5. The first-order valence-electron chi connectivity index (χ1n) is 9.53. The number of nitrogens with zero attached hydrogens (tertiary/aromatic N) is 4. The van der Waals surface area contributed by atoms with E-state index in [1.54, 1.807) is 12.3 Å². The largest absolute Gasteiger partial charge is 0.478 e. The molecule has 4 rings (SSSR count). The van der Waals surface area contributed by atoms with Crippen molar-refractivity contribution in [1.29, 1.82) is 5.26 Å². The third-order valence-corrected chi connectivity index (χ3v) is 4.72. The van der Waals surface area contributed by atoms with Gasteiger partial charge in [0.25, 0.3) is 0 Å². The number of benzene rings is 2. The van der Waals surface area contributed by atoms with Crippen LogP contribution in [0.2, 0.25) is 0 Å². The molecule has 2 aromatic carbocycles. The second-order valence-corrected chi connectivity index (χ2v) is 6.85. The lowest BCUT2D eigenvalue weighted by Gasteiger charge is -2.08. The Bertz CT molecular complexity index is 1240. The third-order valence-electron chi connectivity index (χ3n) is 4.72. The van der Waals surface area contributed by atoms with Gasteiger partial charge in [-0.3, -0.25) is 0 Å². The van der Waals surface area contributed by atoms with E-state index in [4.69, 9.17) is 9.84 Å². The van der Waals surface area contributed by atoms with Gasteiger partial charge in [-0.1, -0.05) is 48.5 Å². The molecular weight excluding hydrogens is 392 g/mol. The van der Waals surface area contributed by atoms with E-state index in [1.165, 1.54) is 17.1 Å². The predicted octanol–water partition coefficient (Wildman–Crippen LogP) is 4.22. The molecule has 31 heavy (non-hydrogen) atoms. The van der Waals surface area contributed by atoms with E-state index < -0.39 is 5.97 Å². The van der Waals surface area contributed by atoms with Crippen LogP contribution < -0.4 is 0 Å². The Balaban J connectivity index is 1.34. The predicted molar refractivity (Wildman–Crippen MR) is 113 cm³/mol. The van der Waals surface area contributed by atoms with Crippen LogP contribution in [0.15, 0.2) is 79.3 Å². The van der Waals surface area contributed by atoms with Crippen LogP contribution in [0.3, 0.4) is 0 Å². The topological polar surface area (TPSA) is 101 Å². The van der Waals surface area contributed by atoms with E-state index in [2.05, 4.69) is 16.2 Å². The third kappa shape index (κ3) is 4.66. The van der Waals surface area contributed by atoms with Gasteiger partial charge in [0.05, 0.1) is 36.6 Å². The molecule has 152 valence electrons. The number of carboxylic acids is 1. The zero-order valence-corrected chi connectivity index (χ0v) is 16.5. The van der Waals surface area contributed by atoms with Crippen molar-refractivity contribution in [3.8, 4) is 23.0 Å². The van der Waals surface area contributed by atoms with Crippen molar-refractivity contribution in [3.63, 3.8) is 0 Å². The Hall–Kier alpha value is -4.28. The average Bonchev–Trinajstić information content (AvgIpc) is 3.31. The second-order valence-electron chi connectivity index (χ2n) is 6.85. The molecular formula is C24H18N4O3. The highest BCUT2D eigenvalue weighted by Crippen LogP contribution is 2.23. The fourth-order valence-corrected chi connectivity index (χ4v) is 3.10. The smallest absolute Gasteiger partial charge is 0.338 e. The van der Waals surface area contributed by atoms with Crippen molar-refractivity contribution in [1.82, 2.24) is 14.8 Å². The average molecular weight is 410 g/mol. The lowest BCUT2D eigenvalue weighted by atomic mass is 9.99. The summed E-state index contributed by atoms with van der Waals surface area (Å²) >= 11 is 0. The molecule has 0 unspecified atom stereocenters. The molecule has 4 aromatic rings. The van der Waals surface area contributed by atoms with Crippen molar-refractivity contribution in [2.24, 2.45) is 0 Å². The maximum atomic E-state index is 11.0. The molecule has 2 aromatic heterocycles. The van der Waals surface area contributed by atoms with E-state index in [-0.39, 0.29) is 5.56 Å².